The van der Waals surface area contributed by atoms with Gasteiger partial charge in [0, 0.05) is 56.7 Å². The molecule has 1 saturated heterocycles. The van der Waals surface area contributed by atoms with Crippen molar-refractivity contribution in [3.8, 4) is 0 Å². The summed E-state index contributed by atoms with van der Waals surface area (Å²) < 4.78 is 121. The van der Waals surface area contributed by atoms with Gasteiger partial charge in [0.05, 0.1) is 6.20 Å². The molecule has 3 aromatic rings. The molecule has 1 aromatic heterocycles. The molecule has 0 unspecified atom stereocenters. The third-order valence-corrected chi connectivity index (χ3v) is 9.09. The Labute approximate surface area is 244 Å². The molecule has 0 amide bonds. The van der Waals surface area contributed by atoms with E-state index in [1.165, 1.54) is 18.3 Å². The van der Waals surface area contributed by atoms with Gasteiger partial charge < -0.3 is 5.32 Å². The molecule has 2 atom stereocenters. The maximum absolute atomic E-state index is 14.9. The number of aromatic nitrogens is 1. The van der Waals surface area contributed by atoms with Gasteiger partial charge in [0.15, 0.2) is 5.75 Å². The molecule has 2 heterocycles. The molecular weight excluding hydrogens is 603 g/mol. The SMILES string of the molecule is O=C(Cc1cncc(F)c1CC[C@H]1CNCCN1S(=O)(=O)CC(F)(F)F)C[C@@H](c1ccc(F)cc1)c1cc(F)cc(F)c1. The first kappa shape index (κ1) is 32.6. The van der Waals surface area contributed by atoms with Crippen molar-refractivity contribution in [3.63, 3.8) is 0 Å². The normalized spacial score (nSPS) is 17.1. The summed E-state index contributed by atoms with van der Waals surface area (Å²) in [6, 6.07) is 7.00. The first-order valence-corrected chi connectivity index (χ1v) is 14.9. The van der Waals surface area contributed by atoms with Crippen LogP contribution in [-0.4, -0.2) is 61.1 Å². The minimum atomic E-state index is -4.93. The van der Waals surface area contributed by atoms with E-state index < -0.39 is 63.0 Å². The fourth-order valence-electron chi connectivity index (χ4n) is 5.30. The van der Waals surface area contributed by atoms with Gasteiger partial charge in [-0.2, -0.15) is 17.5 Å². The third-order valence-electron chi connectivity index (χ3n) is 7.20. The molecule has 1 N–H and O–H groups in total. The number of hydrogen-bond acceptors (Lipinski definition) is 5. The predicted octanol–water partition coefficient (Wildman–Crippen LogP) is 5.07. The van der Waals surface area contributed by atoms with Gasteiger partial charge in [-0.1, -0.05) is 12.1 Å². The lowest BCUT2D eigenvalue weighted by Crippen LogP contribution is -2.55. The van der Waals surface area contributed by atoms with Crippen molar-refractivity contribution in [3.05, 3.63) is 100 Å². The number of ketones is 1. The fourth-order valence-corrected chi connectivity index (χ4v) is 6.88. The second-order valence-corrected chi connectivity index (χ2v) is 12.3. The molecule has 0 bridgehead atoms. The van der Waals surface area contributed by atoms with Crippen molar-refractivity contribution in [2.45, 2.75) is 43.8 Å². The molecular formula is C29H28F7N3O3S. The number of halogens is 7. The number of alkyl halides is 3. The van der Waals surface area contributed by atoms with E-state index in [0.29, 0.717) is 11.6 Å². The van der Waals surface area contributed by atoms with Gasteiger partial charge in [-0.3, -0.25) is 9.78 Å². The number of pyridine rings is 1. The second kappa shape index (κ2) is 13.5. The van der Waals surface area contributed by atoms with Crippen LogP contribution in [0.2, 0.25) is 0 Å². The summed E-state index contributed by atoms with van der Waals surface area (Å²) in [5.74, 6) is -6.38. The van der Waals surface area contributed by atoms with Crippen LogP contribution in [0.1, 0.15) is 41.0 Å². The van der Waals surface area contributed by atoms with Gasteiger partial charge >= 0.3 is 6.18 Å². The average molecular weight is 632 g/mol. The Morgan fingerprint density at radius 1 is 0.977 bits per heavy atom. The molecule has 1 aliphatic rings. The quantitative estimate of drug-likeness (QED) is 0.299. The van der Waals surface area contributed by atoms with Crippen molar-refractivity contribution in [1.82, 2.24) is 14.6 Å². The fraction of sp³-hybridized carbons (Fsp3) is 0.379. The largest absolute Gasteiger partial charge is 0.404 e. The number of nitrogens with zero attached hydrogens (tertiary/aromatic N) is 2. The van der Waals surface area contributed by atoms with Gasteiger partial charge in [-0.25, -0.2) is 26.0 Å². The van der Waals surface area contributed by atoms with Crippen molar-refractivity contribution in [1.29, 1.82) is 0 Å². The predicted molar refractivity (Wildman–Crippen MR) is 144 cm³/mol. The van der Waals surface area contributed by atoms with Crippen molar-refractivity contribution >= 4 is 15.8 Å². The topological polar surface area (TPSA) is 79.4 Å². The number of carbonyl (C=O) groups excluding carboxylic acids is 1. The van der Waals surface area contributed by atoms with Crippen LogP contribution in [0.5, 0.6) is 0 Å². The molecule has 2 aromatic carbocycles. The summed E-state index contributed by atoms with van der Waals surface area (Å²) in [5.41, 5.74) is 0.793. The van der Waals surface area contributed by atoms with E-state index in [9.17, 15) is 43.9 Å². The minimum Gasteiger partial charge on any atom is -0.314 e. The Balaban J connectivity index is 1.53. The number of sulfonamides is 1. The second-order valence-electron chi connectivity index (χ2n) is 10.4. The highest BCUT2D eigenvalue weighted by molar-refractivity contribution is 7.89. The van der Waals surface area contributed by atoms with Crippen LogP contribution in [0.15, 0.2) is 54.9 Å². The minimum absolute atomic E-state index is 0.0347. The summed E-state index contributed by atoms with van der Waals surface area (Å²) >= 11 is 0. The van der Waals surface area contributed by atoms with Gasteiger partial charge in [0.25, 0.3) is 0 Å². The van der Waals surface area contributed by atoms with E-state index in [4.69, 9.17) is 0 Å². The zero-order chi connectivity index (χ0) is 31.4. The van der Waals surface area contributed by atoms with E-state index in [1.54, 1.807) is 0 Å². The molecule has 0 radical (unpaired) electrons. The van der Waals surface area contributed by atoms with Crippen LogP contribution in [0.3, 0.4) is 0 Å². The van der Waals surface area contributed by atoms with Crippen LogP contribution in [0, 0.1) is 23.3 Å². The lowest BCUT2D eigenvalue weighted by atomic mass is 9.85. The van der Waals surface area contributed by atoms with Crippen LogP contribution in [-0.2, 0) is 27.7 Å². The Morgan fingerprint density at radius 2 is 1.65 bits per heavy atom. The van der Waals surface area contributed by atoms with Crippen molar-refractivity contribution < 1.29 is 43.9 Å². The molecule has 0 aliphatic carbocycles. The maximum atomic E-state index is 14.9. The Morgan fingerprint density at radius 3 is 2.30 bits per heavy atom. The molecule has 4 rings (SSSR count). The number of carbonyl (C=O) groups is 1. The standard InChI is InChI=1S/C29H28F7N3O3S/c30-21-3-1-18(2-4-21)27(19-9-22(31)12-23(32)10-19)13-25(40)11-20-14-38-16-28(33)26(20)6-5-24-15-37-7-8-39(24)43(41,42)17-29(34,35)36/h1-4,9-10,12,14,16,24,27,37H,5-8,11,13,15,17H2/t24-,27-/m0/s1. The van der Waals surface area contributed by atoms with Gasteiger partial charge in [-0.05, 0) is 59.4 Å². The van der Waals surface area contributed by atoms with E-state index in [0.717, 1.165) is 34.8 Å². The number of hydrogen-bond donors (Lipinski definition) is 1. The summed E-state index contributed by atoms with van der Waals surface area (Å²) in [7, 11) is -4.68. The first-order valence-electron chi connectivity index (χ1n) is 13.3. The van der Waals surface area contributed by atoms with Crippen molar-refractivity contribution in [2.24, 2.45) is 0 Å². The molecule has 14 heteroatoms. The lowest BCUT2D eigenvalue weighted by Gasteiger charge is -2.35. The molecule has 1 fully saturated rings. The number of piperazine rings is 1. The van der Waals surface area contributed by atoms with Crippen LogP contribution < -0.4 is 5.32 Å². The van der Waals surface area contributed by atoms with E-state index in [1.807, 2.05) is 0 Å². The van der Waals surface area contributed by atoms with Gasteiger partial charge in [0.2, 0.25) is 10.0 Å². The molecule has 0 saturated carbocycles. The van der Waals surface area contributed by atoms with Crippen LogP contribution in [0.25, 0.3) is 0 Å². The molecule has 6 nitrogen and oxygen atoms in total. The van der Waals surface area contributed by atoms with Gasteiger partial charge in [0.1, 0.15) is 29.1 Å². The molecule has 1 aliphatic heterocycles. The van der Waals surface area contributed by atoms with Crippen molar-refractivity contribution in [2.75, 3.05) is 25.4 Å². The smallest absolute Gasteiger partial charge is 0.314 e. The zero-order valence-electron chi connectivity index (χ0n) is 22.7. The van der Waals surface area contributed by atoms with Crippen LogP contribution >= 0.6 is 0 Å². The van der Waals surface area contributed by atoms with Gasteiger partial charge in [-0.15, -0.1) is 0 Å². The zero-order valence-corrected chi connectivity index (χ0v) is 23.5. The Hall–Kier alpha value is -3.36. The highest BCUT2D eigenvalue weighted by Gasteiger charge is 2.41. The summed E-state index contributed by atoms with van der Waals surface area (Å²) in [6.45, 7) is 0.0295. The number of rotatable bonds is 11. The number of benzene rings is 2. The van der Waals surface area contributed by atoms with E-state index in [2.05, 4.69) is 10.3 Å². The lowest BCUT2D eigenvalue weighted by molar-refractivity contribution is -0.118. The number of nitrogens with one attached hydrogen (secondary N) is 1. The maximum Gasteiger partial charge on any atom is 0.404 e. The highest BCUT2D eigenvalue weighted by atomic mass is 32.2. The van der Waals surface area contributed by atoms with E-state index >= 15 is 0 Å². The Bertz CT molecular complexity index is 1530. The van der Waals surface area contributed by atoms with Crippen LogP contribution in [0.4, 0.5) is 30.7 Å². The highest BCUT2D eigenvalue weighted by Crippen LogP contribution is 2.31. The molecule has 43 heavy (non-hydrogen) atoms. The third kappa shape index (κ3) is 8.83. The molecule has 232 valence electrons. The Kier molecular flexibility index (Phi) is 10.2. The number of Topliss-reactive ketones (excluding diaryl/α,β-unsaturated/α-hetero) is 1. The first-order chi connectivity index (χ1) is 20.2. The summed E-state index contributed by atoms with van der Waals surface area (Å²) in [6.07, 6.45) is -3.50. The molecule has 0 spiro atoms. The summed E-state index contributed by atoms with van der Waals surface area (Å²) in [5, 5.41) is 2.94. The van der Waals surface area contributed by atoms with E-state index in [-0.39, 0.29) is 62.0 Å². The summed E-state index contributed by atoms with van der Waals surface area (Å²) in [4.78, 5) is 17.1. The monoisotopic (exact) mass is 631 g/mol. The average Bonchev–Trinajstić information content (AvgIpc) is 2.90.